The van der Waals surface area contributed by atoms with E-state index in [0.717, 1.165) is 13.0 Å². The largest absolute Gasteiger partial charge is 0.396 e. The third kappa shape index (κ3) is 2.65. The zero-order chi connectivity index (χ0) is 12.5. The molecule has 4 nitrogen and oxygen atoms in total. The number of aliphatic hydroxyl groups excluding tert-OH is 1. The van der Waals surface area contributed by atoms with Crippen molar-refractivity contribution in [1.82, 2.24) is 4.90 Å². The van der Waals surface area contributed by atoms with E-state index in [4.69, 9.17) is 14.6 Å². The first-order chi connectivity index (χ1) is 8.07. The summed E-state index contributed by atoms with van der Waals surface area (Å²) in [6.45, 7) is 8.41. The van der Waals surface area contributed by atoms with Gasteiger partial charge in [0.1, 0.15) is 0 Å². The van der Waals surface area contributed by atoms with Gasteiger partial charge in [0.15, 0.2) is 5.79 Å². The first kappa shape index (κ1) is 13.3. The Kier molecular flexibility index (Phi) is 4.08. The predicted molar refractivity (Wildman–Crippen MR) is 65.8 cm³/mol. The molecule has 100 valence electrons. The third-order valence-electron chi connectivity index (χ3n) is 3.97. The summed E-state index contributed by atoms with van der Waals surface area (Å²) in [5.41, 5.74) is 0. The van der Waals surface area contributed by atoms with Gasteiger partial charge in [0, 0.05) is 12.6 Å². The smallest absolute Gasteiger partial charge is 0.181 e. The number of hydrogen-bond acceptors (Lipinski definition) is 4. The fourth-order valence-electron chi connectivity index (χ4n) is 3.09. The van der Waals surface area contributed by atoms with Crippen LogP contribution in [-0.4, -0.2) is 53.7 Å². The normalized spacial score (nSPS) is 39.4. The van der Waals surface area contributed by atoms with Crippen LogP contribution in [0.25, 0.3) is 0 Å². The van der Waals surface area contributed by atoms with E-state index in [2.05, 4.69) is 25.7 Å². The van der Waals surface area contributed by atoms with Crippen LogP contribution in [0, 0.1) is 0 Å². The summed E-state index contributed by atoms with van der Waals surface area (Å²) in [5.74, 6) is -0.486. The van der Waals surface area contributed by atoms with Gasteiger partial charge in [0.05, 0.1) is 18.8 Å². The van der Waals surface area contributed by atoms with Crippen molar-refractivity contribution < 1.29 is 14.6 Å². The minimum absolute atomic E-state index is 0.0552. The minimum atomic E-state index is -0.486. The van der Waals surface area contributed by atoms with E-state index in [1.807, 2.05) is 0 Å². The molecule has 0 bridgehead atoms. The second-order valence-electron chi connectivity index (χ2n) is 5.57. The van der Waals surface area contributed by atoms with Crippen LogP contribution < -0.4 is 0 Å². The maximum Gasteiger partial charge on any atom is 0.181 e. The van der Waals surface area contributed by atoms with Crippen molar-refractivity contribution >= 4 is 0 Å². The van der Waals surface area contributed by atoms with Gasteiger partial charge in [-0.1, -0.05) is 0 Å². The van der Waals surface area contributed by atoms with Crippen molar-refractivity contribution in [1.29, 1.82) is 0 Å². The molecule has 1 N–H and O–H groups in total. The molecule has 2 rings (SSSR count). The first-order valence-electron chi connectivity index (χ1n) is 6.75. The number of ether oxygens (including phenoxy) is 2. The highest BCUT2D eigenvalue weighted by atomic mass is 16.7. The highest BCUT2D eigenvalue weighted by molar-refractivity contribution is 4.93. The Balaban J connectivity index is 2.01. The molecule has 2 fully saturated rings. The Morgan fingerprint density at radius 2 is 2.24 bits per heavy atom. The average molecular weight is 243 g/mol. The average Bonchev–Trinajstić information content (AvgIpc) is 2.86. The molecule has 0 saturated carbocycles. The number of nitrogens with zero attached hydrogens (tertiary/aromatic N) is 1. The van der Waals surface area contributed by atoms with Gasteiger partial charge in [-0.3, -0.25) is 4.90 Å². The van der Waals surface area contributed by atoms with Gasteiger partial charge in [-0.15, -0.1) is 0 Å². The molecular weight excluding hydrogens is 218 g/mol. The van der Waals surface area contributed by atoms with Gasteiger partial charge < -0.3 is 14.6 Å². The van der Waals surface area contributed by atoms with Crippen molar-refractivity contribution in [3.05, 3.63) is 0 Å². The Morgan fingerprint density at radius 3 is 2.88 bits per heavy atom. The summed E-state index contributed by atoms with van der Waals surface area (Å²) in [6.07, 6.45) is 3.08. The molecule has 0 aromatic rings. The molecule has 2 aliphatic heterocycles. The maximum atomic E-state index is 8.96. The van der Waals surface area contributed by atoms with E-state index in [-0.39, 0.29) is 12.7 Å². The van der Waals surface area contributed by atoms with E-state index < -0.39 is 5.79 Å². The quantitative estimate of drug-likeness (QED) is 0.810. The van der Waals surface area contributed by atoms with Crippen molar-refractivity contribution in [2.24, 2.45) is 0 Å². The lowest BCUT2D eigenvalue weighted by atomic mass is 10.1. The molecule has 0 radical (unpaired) electrons. The van der Waals surface area contributed by atoms with Gasteiger partial charge in [0.25, 0.3) is 0 Å². The number of aliphatic hydroxyl groups is 1. The molecule has 0 spiro atoms. The molecule has 3 unspecified atom stereocenters. The standard InChI is InChI=1S/C13H25NO3/c1-10(2)14-7-4-5-12(14)13(3)16-9-11(17-13)6-8-15/h10-12,15H,4-9H2,1-3H3. The highest BCUT2D eigenvalue weighted by Crippen LogP contribution is 2.36. The fraction of sp³-hybridized carbons (Fsp3) is 1.00. The second-order valence-corrected chi connectivity index (χ2v) is 5.57. The van der Waals surface area contributed by atoms with E-state index >= 15 is 0 Å². The van der Waals surface area contributed by atoms with E-state index in [1.165, 1.54) is 6.42 Å². The number of likely N-dealkylation sites (tertiary alicyclic amines) is 1. The fourth-order valence-corrected chi connectivity index (χ4v) is 3.09. The molecule has 0 aromatic heterocycles. The van der Waals surface area contributed by atoms with Crippen LogP contribution in [0.4, 0.5) is 0 Å². The zero-order valence-corrected chi connectivity index (χ0v) is 11.2. The van der Waals surface area contributed by atoms with Gasteiger partial charge in [-0.2, -0.15) is 0 Å². The number of hydrogen-bond donors (Lipinski definition) is 1. The lowest BCUT2D eigenvalue weighted by Crippen LogP contribution is -2.51. The third-order valence-corrected chi connectivity index (χ3v) is 3.97. The van der Waals surface area contributed by atoms with Crippen LogP contribution >= 0.6 is 0 Å². The van der Waals surface area contributed by atoms with Gasteiger partial charge in [-0.25, -0.2) is 0 Å². The number of rotatable bonds is 4. The zero-order valence-electron chi connectivity index (χ0n) is 11.2. The van der Waals surface area contributed by atoms with E-state index in [1.54, 1.807) is 0 Å². The summed E-state index contributed by atoms with van der Waals surface area (Å²) in [7, 11) is 0. The second kappa shape index (κ2) is 5.22. The lowest BCUT2D eigenvalue weighted by Gasteiger charge is -2.38. The molecule has 17 heavy (non-hydrogen) atoms. The van der Waals surface area contributed by atoms with Gasteiger partial charge in [0.2, 0.25) is 0 Å². The highest BCUT2D eigenvalue weighted by Gasteiger charge is 2.48. The molecule has 4 heteroatoms. The Bertz CT molecular complexity index is 259. The summed E-state index contributed by atoms with van der Waals surface area (Å²) in [6, 6.07) is 0.884. The Labute approximate surface area is 104 Å². The van der Waals surface area contributed by atoms with Crippen LogP contribution in [-0.2, 0) is 9.47 Å². The lowest BCUT2D eigenvalue weighted by molar-refractivity contribution is -0.195. The molecule has 0 amide bonds. The maximum absolute atomic E-state index is 8.96. The summed E-state index contributed by atoms with van der Waals surface area (Å²) in [4.78, 5) is 2.47. The predicted octanol–water partition coefficient (Wildman–Crippen LogP) is 1.37. The van der Waals surface area contributed by atoms with Crippen LogP contribution in [0.15, 0.2) is 0 Å². The van der Waals surface area contributed by atoms with Crippen molar-refractivity contribution in [3.8, 4) is 0 Å². The topological polar surface area (TPSA) is 41.9 Å². The van der Waals surface area contributed by atoms with E-state index in [0.29, 0.717) is 25.1 Å². The Hall–Kier alpha value is -0.160. The molecular formula is C13H25NO3. The molecule has 2 saturated heterocycles. The molecule has 2 heterocycles. The Morgan fingerprint density at radius 1 is 1.47 bits per heavy atom. The van der Waals surface area contributed by atoms with Crippen LogP contribution in [0.5, 0.6) is 0 Å². The van der Waals surface area contributed by atoms with Gasteiger partial charge in [-0.05, 0) is 46.6 Å². The first-order valence-corrected chi connectivity index (χ1v) is 6.75. The van der Waals surface area contributed by atoms with Crippen molar-refractivity contribution in [3.63, 3.8) is 0 Å². The van der Waals surface area contributed by atoms with Crippen molar-refractivity contribution in [2.45, 2.75) is 64.0 Å². The van der Waals surface area contributed by atoms with Gasteiger partial charge >= 0.3 is 0 Å². The van der Waals surface area contributed by atoms with Crippen molar-refractivity contribution in [2.75, 3.05) is 19.8 Å². The van der Waals surface area contributed by atoms with E-state index in [9.17, 15) is 0 Å². The molecule has 2 aliphatic rings. The van der Waals surface area contributed by atoms with Crippen LogP contribution in [0.1, 0.15) is 40.0 Å². The van der Waals surface area contributed by atoms with Crippen LogP contribution in [0.2, 0.25) is 0 Å². The monoisotopic (exact) mass is 243 g/mol. The minimum Gasteiger partial charge on any atom is -0.396 e. The summed E-state index contributed by atoms with van der Waals surface area (Å²) in [5, 5.41) is 8.96. The van der Waals surface area contributed by atoms with Crippen LogP contribution in [0.3, 0.4) is 0 Å². The summed E-state index contributed by atoms with van der Waals surface area (Å²) < 4.78 is 11.9. The molecule has 0 aromatic carbocycles. The summed E-state index contributed by atoms with van der Waals surface area (Å²) >= 11 is 0. The molecule has 3 atom stereocenters. The molecule has 0 aliphatic carbocycles. The SMILES string of the molecule is CC(C)N1CCCC1C1(C)OCC(CCO)O1.